The van der Waals surface area contributed by atoms with E-state index in [0.717, 1.165) is 31.6 Å². The lowest BCUT2D eigenvalue weighted by molar-refractivity contribution is -0.130. The molecule has 0 spiro atoms. The molecule has 7 heteroatoms. The second-order valence-electron chi connectivity index (χ2n) is 5.79. The molecule has 25 heavy (non-hydrogen) atoms. The fraction of sp³-hybridized carbons (Fsp3) is 0.556. The van der Waals surface area contributed by atoms with Crippen LogP contribution in [0.15, 0.2) is 23.2 Å². The van der Waals surface area contributed by atoms with Crippen molar-refractivity contribution < 1.29 is 14.3 Å². The number of piperidine rings is 1. The highest BCUT2D eigenvalue weighted by molar-refractivity contribution is 5.96. The van der Waals surface area contributed by atoms with Crippen molar-refractivity contribution in [2.75, 3.05) is 45.7 Å². The third-order valence-corrected chi connectivity index (χ3v) is 4.07. The van der Waals surface area contributed by atoms with E-state index in [9.17, 15) is 4.79 Å². The van der Waals surface area contributed by atoms with E-state index in [1.54, 1.807) is 14.2 Å². The Balaban J connectivity index is 1.92. The maximum absolute atomic E-state index is 12.2. The summed E-state index contributed by atoms with van der Waals surface area (Å²) in [6.07, 6.45) is 3.38. The van der Waals surface area contributed by atoms with Crippen LogP contribution in [0, 0.1) is 0 Å². The molecule has 1 amide bonds. The molecule has 0 saturated carbocycles. The highest BCUT2D eigenvalue weighted by Gasteiger charge is 2.16. The van der Waals surface area contributed by atoms with Crippen molar-refractivity contribution >= 4 is 17.6 Å². The molecule has 1 aromatic carbocycles. The molecule has 0 atom stereocenters. The number of hydrogen-bond donors (Lipinski definition) is 2. The molecule has 0 radical (unpaired) electrons. The quantitative estimate of drug-likeness (QED) is 0.608. The second kappa shape index (κ2) is 9.76. The van der Waals surface area contributed by atoms with Crippen LogP contribution in [0.4, 0.5) is 5.69 Å². The first-order chi connectivity index (χ1) is 12.2. The van der Waals surface area contributed by atoms with Gasteiger partial charge in [0.25, 0.3) is 0 Å². The van der Waals surface area contributed by atoms with Gasteiger partial charge in [0.15, 0.2) is 17.5 Å². The Labute approximate surface area is 149 Å². The summed E-state index contributed by atoms with van der Waals surface area (Å²) in [5.41, 5.74) is 0.804. The Bertz CT molecular complexity index is 598. The van der Waals surface area contributed by atoms with Crippen LogP contribution in [0.5, 0.6) is 11.5 Å². The number of benzene rings is 1. The first kappa shape index (κ1) is 18.9. The van der Waals surface area contributed by atoms with Crippen molar-refractivity contribution in [3.63, 3.8) is 0 Å². The standard InChI is InChI=1S/C18H28N4O3/c1-4-25-15-9-8-14(12-16(15)24-3)21-18(19-2)20-13-17(23)22-10-6-5-7-11-22/h8-9,12H,4-7,10-11,13H2,1-3H3,(H2,19,20,21). The molecule has 1 heterocycles. The van der Waals surface area contributed by atoms with E-state index in [2.05, 4.69) is 15.6 Å². The number of ether oxygens (including phenoxy) is 2. The van der Waals surface area contributed by atoms with Gasteiger partial charge in [0.05, 0.1) is 20.3 Å². The lowest BCUT2D eigenvalue weighted by Crippen LogP contribution is -2.44. The van der Waals surface area contributed by atoms with Gasteiger partial charge >= 0.3 is 0 Å². The Morgan fingerprint density at radius 2 is 2.00 bits per heavy atom. The minimum absolute atomic E-state index is 0.104. The van der Waals surface area contributed by atoms with Crippen LogP contribution in [0.1, 0.15) is 26.2 Å². The van der Waals surface area contributed by atoms with Gasteiger partial charge in [-0.25, -0.2) is 0 Å². The molecular formula is C18H28N4O3. The molecule has 0 unspecified atom stereocenters. The highest BCUT2D eigenvalue weighted by Crippen LogP contribution is 2.30. The van der Waals surface area contributed by atoms with Crippen LogP contribution in [-0.4, -0.2) is 57.2 Å². The molecule has 1 aliphatic heterocycles. The third-order valence-electron chi connectivity index (χ3n) is 4.07. The average Bonchev–Trinajstić information content (AvgIpc) is 2.66. The number of rotatable bonds is 6. The average molecular weight is 348 g/mol. The summed E-state index contributed by atoms with van der Waals surface area (Å²) in [5, 5.41) is 6.23. The smallest absolute Gasteiger partial charge is 0.241 e. The van der Waals surface area contributed by atoms with Crippen LogP contribution in [0.25, 0.3) is 0 Å². The number of nitrogens with one attached hydrogen (secondary N) is 2. The van der Waals surface area contributed by atoms with Crippen molar-refractivity contribution in [2.45, 2.75) is 26.2 Å². The number of anilines is 1. The van der Waals surface area contributed by atoms with Gasteiger partial charge in [-0.15, -0.1) is 0 Å². The van der Waals surface area contributed by atoms with Gasteiger partial charge in [0, 0.05) is 31.9 Å². The van der Waals surface area contributed by atoms with Gasteiger partial charge in [-0.05, 0) is 38.3 Å². The lowest BCUT2D eigenvalue weighted by atomic mass is 10.1. The fourth-order valence-corrected chi connectivity index (χ4v) is 2.75. The summed E-state index contributed by atoms with van der Waals surface area (Å²) >= 11 is 0. The Kier molecular flexibility index (Phi) is 7.37. The summed E-state index contributed by atoms with van der Waals surface area (Å²) in [5.74, 6) is 1.98. The maximum Gasteiger partial charge on any atom is 0.241 e. The van der Waals surface area contributed by atoms with Gasteiger partial charge in [-0.3, -0.25) is 9.79 Å². The molecule has 7 nitrogen and oxygen atoms in total. The first-order valence-corrected chi connectivity index (χ1v) is 8.74. The second-order valence-corrected chi connectivity index (χ2v) is 5.79. The molecule has 1 saturated heterocycles. The topological polar surface area (TPSA) is 75.2 Å². The minimum atomic E-state index is 0.104. The Morgan fingerprint density at radius 3 is 2.64 bits per heavy atom. The number of carbonyl (C=O) groups is 1. The summed E-state index contributed by atoms with van der Waals surface area (Å²) < 4.78 is 10.9. The molecule has 0 aliphatic carbocycles. The number of guanidine groups is 1. The number of likely N-dealkylation sites (tertiary alicyclic amines) is 1. The molecule has 2 N–H and O–H groups in total. The number of amides is 1. The number of aliphatic imine (C=N–C) groups is 1. The predicted molar refractivity (Wildman–Crippen MR) is 99.6 cm³/mol. The normalized spacial score (nSPS) is 14.8. The Hall–Kier alpha value is -2.44. The van der Waals surface area contributed by atoms with Crippen LogP contribution in [0.3, 0.4) is 0 Å². The number of hydrogen-bond acceptors (Lipinski definition) is 4. The van der Waals surface area contributed by atoms with Crippen LogP contribution < -0.4 is 20.1 Å². The number of nitrogens with zero attached hydrogens (tertiary/aromatic N) is 2. The van der Waals surface area contributed by atoms with Gasteiger partial charge in [-0.2, -0.15) is 0 Å². The van der Waals surface area contributed by atoms with Crippen molar-refractivity contribution in [1.29, 1.82) is 0 Å². The molecule has 2 rings (SSSR count). The van der Waals surface area contributed by atoms with Gasteiger partial charge < -0.3 is 25.0 Å². The monoisotopic (exact) mass is 348 g/mol. The van der Waals surface area contributed by atoms with E-state index in [-0.39, 0.29) is 12.5 Å². The van der Waals surface area contributed by atoms with E-state index in [1.807, 2.05) is 30.0 Å². The van der Waals surface area contributed by atoms with Crippen molar-refractivity contribution in [3.8, 4) is 11.5 Å². The van der Waals surface area contributed by atoms with E-state index in [1.165, 1.54) is 6.42 Å². The summed E-state index contributed by atoms with van der Waals surface area (Å²) in [4.78, 5) is 18.3. The van der Waals surface area contributed by atoms with E-state index >= 15 is 0 Å². The van der Waals surface area contributed by atoms with Crippen molar-refractivity contribution in [1.82, 2.24) is 10.2 Å². The molecule has 0 bridgehead atoms. The molecule has 138 valence electrons. The minimum Gasteiger partial charge on any atom is -0.493 e. The van der Waals surface area contributed by atoms with Crippen molar-refractivity contribution in [2.24, 2.45) is 4.99 Å². The molecule has 1 aromatic rings. The maximum atomic E-state index is 12.2. The zero-order valence-corrected chi connectivity index (χ0v) is 15.3. The predicted octanol–water partition coefficient (Wildman–Crippen LogP) is 2.09. The molecular weight excluding hydrogens is 320 g/mol. The molecule has 0 aromatic heterocycles. The molecule has 1 fully saturated rings. The van der Waals surface area contributed by atoms with Gasteiger partial charge in [0.2, 0.25) is 5.91 Å². The van der Waals surface area contributed by atoms with E-state index in [0.29, 0.717) is 24.1 Å². The van der Waals surface area contributed by atoms with Crippen LogP contribution in [-0.2, 0) is 4.79 Å². The summed E-state index contributed by atoms with van der Waals surface area (Å²) in [7, 11) is 3.28. The highest BCUT2D eigenvalue weighted by atomic mass is 16.5. The fourth-order valence-electron chi connectivity index (χ4n) is 2.75. The van der Waals surface area contributed by atoms with E-state index in [4.69, 9.17) is 9.47 Å². The van der Waals surface area contributed by atoms with Gasteiger partial charge in [0.1, 0.15) is 0 Å². The number of methoxy groups -OCH3 is 1. The van der Waals surface area contributed by atoms with Gasteiger partial charge in [-0.1, -0.05) is 0 Å². The largest absolute Gasteiger partial charge is 0.493 e. The van der Waals surface area contributed by atoms with E-state index < -0.39 is 0 Å². The summed E-state index contributed by atoms with van der Waals surface area (Å²) in [6.45, 7) is 4.43. The Morgan fingerprint density at radius 1 is 1.24 bits per heavy atom. The third kappa shape index (κ3) is 5.55. The first-order valence-electron chi connectivity index (χ1n) is 8.74. The van der Waals surface area contributed by atoms with Crippen LogP contribution >= 0.6 is 0 Å². The van der Waals surface area contributed by atoms with Crippen LogP contribution in [0.2, 0.25) is 0 Å². The number of carbonyl (C=O) groups excluding carboxylic acids is 1. The SMILES string of the molecule is CCOc1ccc(NC(=NC)NCC(=O)N2CCCCC2)cc1OC. The lowest BCUT2D eigenvalue weighted by Gasteiger charge is -2.27. The zero-order valence-electron chi connectivity index (χ0n) is 15.3. The molecule has 1 aliphatic rings. The zero-order chi connectivity index (χ0) is 18.1. The van der Waals surface area contributed by atoms with Crippen molar-refractivity contribution in [3.05, 3.63) is 18.2 Å². The summed E-state index contributed by atoms with van der Waals surface area (Å²) in [6, 6.07) is 5.56.